The van der Waals surface area contributed by atoms with E-state index in [1.807, 2.05) is 30.2 Å². The lowest BCUT2D eigenvalue weighted by Gasteiger charge is -2.50. The van der Waals surface area contributed by atoms with Crippen LogP contribution in [0.25, 0.3) is 22.4 Å². The first-order valence-electron chi connectivity index (χ1n) is 10.1. The third kappa shape index (κ3) is 2.55. The fourth-order valence-corrected chi connectivity index (χ4v) is 4.36. The van der Waals surface area contributed by atoms with Crippen molar-refractivity contribution in [2.24, 2.45) is 5.92 Å². The summed E-state index contributed by atoms with van der Waals surface area (Å²) < 4.78 is 5.70. The number of H-pyrrole nitrogens is 1. The van der Waals surface area contributed by atoms with Gasteiger partial charge in [-0.1, -0.05) is 0 Å². The van der Waals surface area contributed by atoms with Crippen LogP contribution in [-0.4, -0.2) is 57.7 Å². The maximum atomic E-state index is 13.4. The fourth-order valence-electron chi connectivity index (χ4n) is 4.36. The van der Waals surface area contributed by atoms with Gasteiger partial charge in [-0.3, -0.25) is 9.78 Å². The molecule has 5 heterocycles. The van der Waals surface area contributed by atoms with Gasteiger partial charge in [0.15, 0.2) is 11.6 Å². The highest BCUT2D eigenvalue weighted by atomic mass is 16.5. The monoisotopic (exact) mass is 390 g/mol. The van der Waals surface area contributed by atoms with Gasteiger partial charge in [0.1, 0.15) is 11.2 Å². The Morgan fingerprint density at radius 3 is 3.07 bits per heavy atom. The van der Waals surface area contributed by atoms with Crippen LogP contribution in [0.15, 0.2) is 30.7 Å². The number of hydrogen-bond acceptors (Lipinski definition) is 6. The molecule has 8 nitrogen and oxygen atoms in total. The summed E-state index contributed by atoms with van der Waals surface area (Å²) in [4.78, 5) is 34.6. The standard InChI is InChI=1S/C21H22N6O2/c1-21-12-29-7-6-27(21)19-17(26(20(21)28)11-13-2-3-13)10-24-18(25-19)14-8-16-15(23-9-14)4-5-22-16/h4-5,8-10,13,22H,2-3,6-7,11-12H2,1H3/t21-/m0/s1. The Labute approximate surface area is 167 Å². The second-order valence-corrected chi connectivity index (χ2v) is 8.37. The molecule has 148 valence electrons. The summed E-state index contributed by atoms with van der Waals surface area (Å²) in [5, 5.41) is 0. The Morgan fingerprint density at radius 2 is 2.21 bits per heavy atom. The number of morpholine rings is 1. The molecular formula is C21H22N6O2. The molecule has 29 heavy (non-hydrogen) atoms. The Balaban J connectivity index is 1.48. The number of aromatic amines is 1. The van der Waals surface area contributed by atoms with Crippen LogP contribution >= 0.6 is 0 Å². The minimum absolute atomic E-state index is 0.0856. The van der Waals surface area contributed by atoms with Crippen LogP contribution in [0.1, 0.15) is 19.8 Å². The number of nitrogens with zero attached hydrogens (tertiary/aromatic N) is 5. The van der Waals surface area contributed by atoms with Gasteiger partial charge in [0.25, 0.3) is 5.91 Å². The topological polar surface area (TPSA) is 87.2 Å². The molecule has 0 spiro atoms. The molecule has 0 unspecified atom stereocenters. The minimum atomic E-state index is -0.729. The van der Waals surface area contributed by atoms with Gasteiger partial charge in [0.2, 0.25) is 0 Å². The van der Waals surface area contributed by atoms with E-state index >= 15 is 0 Å². The van der Waals surface area contributed by atoms with E-state index in [4.69, 9.17) is 9.72 Å². The summed E-state index contributed by atoms with van der Waals surface area (Å²) >= 11 is 0. The molecular weight excluding hydrogens is 368 g/mol. The number of aromatic nitrogens is 4. The summed E-state index contributed by atoms with van der Waals surface area (Å²) in [6.45, 7) is 4.29. The predicted molar refractivity (Wildman–Crippen MR) is 109 cm³/mol. The first-order chi connectivity index (χ1) is 14.1. The fraction of sp³-hybridized carbons (Fsp3) is 0.429. The quantitative estimate of drug-likeness (QED) is 0.739. The highest BCUT2D eigenvalue weighted by molar-refractivity contribution is 6.08. The number of amides is 1. The predicted octanol–water partition coefficient (Wildman–Crippen LogP) is 2.37. The molecule has 8 heteroatoms. The maximum absolute atomic E-state index is 13.4. The molecule has 1 saturated heterocycles. The number of hydrogen-bond donors (Lipinski definition) is 1. The van der Waals surface area contributed by atoms with Crippen molar-refractivity contribution in [1.82, 2.24) is 19.9 Å². The van der Waals surface area contributed by atoms with E-state index < -0.39 is 5.54 Å². The molecule has 1 saturated carbocycles. The van der Waals surface area contributed by atoms with Gasteiger partial charge in [0, 0.05) is 31.0 Å². The number of ether oxygens (including phenoxy) is 1. The second kappa shape index (κ2) is 6.00. The highest BCUT2D eigenvalue weighted by Crippen LogP contribution is 2.43. The van der Waals surface area contributed by atoms with Crippen molar-refractivity contribution < 1.29 is 9.53 Å². The van der Waals surface area contributed by atoms with E-state index in [0.717, 1.165) is 34.6 Å². The van der Waals surface area contributed by atoms with Crippen LogP contribution in [0, 0.1) is 5.92 Å². The van der Waals surface area contributed by atoms with Crippen molar-refractivity contribution in [3.8, 4) is 11.4 Å². The van der Waals surface area contributed by atoms with E-state index in [1.54, 1.807) is 12.4 Å². The summed E-state index contributed by atoms with van der Waals surface area (Å²) in [6, 6.07) is 3.95. The first kappa shape index (κ1) is 16.9. The van der Waals surface area contributed by atoms with Crippen LogP contribution in [-0.2, 0) is 9.53 Å². The Bertz CT molecular complexity index is 1120. The summed E-state index contributed by atoms with van der Waals surface area (Å²) in [7, 11) is 0. The van der Waals surface area contributed by atoms with Crippen molar-refractivity contribution in [1.29, 1.82) is 0 Å². The van der Waals surface area contributed by atoms with Crippen LogP contribution in [0.4, 0.5) is 11.5 Å². The zero-order valence-electron chi connectivity index (χ0n) is 16.3. The van der Waals surface area contributed by atoms with E-state index in [-0.39, 0.29) is 5.91 Å². The molecule has 1 amide bonds. The smallest absolute Gasteiger partial charge is 0.255 e. The Morgan fingerprint density at radius 1 is 1.31 bits per heavy atom. The van der Waals surface area contributed by atoms with Gasteiger partial charge in [-0.25, -0.2) is 9.97 Å². The molecule has 0 radical (unpaired) electrons. The lowest BCUT2D eigenvalue weighted by molar-refractivity contribution is -0.127. The zero-order chi connectivity index (χ0) is 19.6. The zero-order valence-corrected chi connectivity index (χ0v) is 16.3. The van der Waals surface area contributed by atoms with Gasteiger partial charge in [-0.15, -0.1) is 0 Å². The average Bonchev–Trinajstić information content (AvgIpc) is 3.44. The molecule has 3 aromatic heterocycles. The van der Waals surface area contributed by atoms with Crippen molar-refractivity contribution >= 4 is 28.4 Å². The molecule has 1 atom stereocenters. The van der Waals surface area contributed by atoms with Gasteiger partial charge in [-0.05, 0) is 37.8 Å². The number of rotatable bonds is 3. The summed E-state index contributed by atoms with van der Waals surface area (Å²) in [5.41, 5.74) is 2.79. The number of carbonyl (C=O) groups is 1. The molecule has 3 aliphatic rings. The Kier molecular flexibility index (Phi) is 3.50. The lowest BCUT2D eigenvalue weighted by atomic mass is 9.93. The van der Waals surface area contributed by atoms with Crippen LogP contribution in [0.3, 0.4) is 0 Å². The molecule has 3 aromatic rings. The Hall–Kier alpha value is -3.00. The SMILES string of the molecule is C[C@@]12COCCN1c1nc(-c3cnc4cc[nH]c4c3)ncc1N(CC1CC1)C2=O. The van der Waals surface area contributed by atoms with Crippen molar-refractivity contribution in [2.75, 3.05) is 36.1 Å². The molecule has 2 aliphatic heterocycles. The molecule has 1 aliphatic carbocycles. The van der Waals surface area contributed by atoms with E-state index in [9.17, 15) is 4.79 Å². The van der Waals surface area contributed by atoms with E-state index in [0.29, 0.717) is 31.5 Å². The molecule has 6 rings (SSSR count). The lowest BCUT2D eigenvalue weighted by Crippen LogP contribution is -2.67. The van der Waals surface area contributed by atoms with Gasteiger partial charge >= 0.3 is 0 Å². The normalized spacial score (nSPS) is 24.0. The van der Waals surface area contributed by atoms with Crippen molar-refractivity contribution in [3.05, 3.63) is 30.7 Å². The summed E-state index contributed by atoms with van der Waals surface area (Å²) in [5.74, 6) is 2.09. The third-order valence-corrected chi connectivity index (χ3v) is 6.23. The number of anilines is 2. The van der Waals surface area contributed by atoms with Crippen LogP contribution in [0.5, 0.6) is 0 Å². The number of fused-ring (bicyclic) bond motifs is 4. The average molecular weight is 390 g/mol. The number of nitrogens with one attached hydrogen (secondary N) is 1. The number of pyridine rings is 1. The maximum Gasteiger partial charge on any atom is 0.255 e. The molecule has 0 aromatic carbocycles. The highest BCUT2D eigenvalue weighted by Gasteiger charge is 2.51. The third-order valence-electron chi connectivity index (χ3n) is 6.23. The van der Waals surface area contributed by atoms with Gasteiger partial charge < -0.3 is 19.5 Å². The van der Waals surface area contributed by atoms with Crippen LogP contribution in [0.2, 0.25) is 0 Å². The molecule has 2 fully saturated rings. The van der Waals surface area contributed by atoms with E-state index in [2.05, 4.69) is 19.9 Å². The second-order valence-electron chi connectivity index (χ2n) is 8.37. The summed E-state index contributed by atoms with van der Waals surface area (Å²) in [6.07, 6.45) is 7.82. The van der Waals surface area contributed by atoms with Crippen molar-refractivity contribution in [3.63, 3.8) is 0 Å². The minimum Gasteiger partial charge on any atom is -0.377 e. The van der Waals surface area contributed by atoms with Gasteiger partial charge in [0.05, 0.1) is 30.4 Å². The number of carbonyl (C=O) groups excluding carboxylic acids is 1. The van der Waals surface area contributed by atoms with Crippen LogP contribution < -0.4 is 9.80 Å². The first-order valence-corrected chi connectivity index (χ1v) is 10.1. The molecule has 1 N–H and O–H groups in total. The largest absolute Gasteiger partial charge is 0.377 e. The van der Waals surface area contributed by atoms with Crippen molar-refractivity contribution in [2.45, 2.75) is 25.3 Å². The van der Waals surface area contributed by atoms with Gasteiger partial charge in [-0.2, -0.15) is 0 Å². The molecule has 0 bridgehead atoms. The van der Waals surface area contributed by atoms with E-state index in [1.165, 1.54) is 12.8 Å².